The fourth-order valence-corrected chi connectivity index (χ4v) is 2.27. The second-order valence-corrected chi connectivity index (χ2v) is 5.10. The second-order valence-electron chi connectivity index (χ2n) is 5.10. The Bertz CT molecular complexity index is 391. The SMILES string of the molecule is Cn1cccc1CNC(=O)C1(C)CCNCC1. The van der Waals surface area contributed by atoms with Gasteiger partial charge >= 0.3 is 0 Å². The Morgan fingerprint density at radius 2 is 2.24 bits per heavy atom. The molecule has 1 aliphatic rings. The molecule has 1 aromatic heterocycles. The normalized spacial score (nSPS) is 18.9. The Labute approximate surface area is 102 Å². The van der Waals surface area contributed by atoms with Gasteiger partial charge in [-0.3, -0.25) is 4.79 Å². The predicted molar refractivity (Wildman–Crippen MR) is 67.5 cm³/mol. The third kappa shape index (κ3) is 2.69. The van der Waals surface area contributed by atoms with E-state index < -0.39 is 0 Å². The zero-order valence-corrected chi connectivity index (χ0v) is 10.6. The lowest BCUT2D eigenvalue weighted by Gasteiger charge is -2.32. The lowest BCUT2D eigenvalue weighted by atomic mass is 9.80. The zero-order chi connectivity index (χ0) is 12.3. The van der Waals surface area contributed by atoms with Crippen molar-refractivity contribution in [3.05, 3.63) is 24.0 Å². The van der Waals surface area contributed by atoms with E-state index in [1.165, 1.54) is 0 Å². The maximum Gasteiger partial charge on any atom is 0.226 e. The van der Waals surface area contributed by atoms with E-state index in [2.05, 4.69) is 17.6 Å². The zero-order valence-electron chi connectivity index (χ0n) is 10.6. The Morgan fingerprint density at radius 1 is 1.53 bits per heavy atom. The minimum Gasteiger partial charge on any atom is -0.353 e. The maximum absolute atomic E-state index is 12.2. The van der Waals surface area contributed by atoms with Crippen molar-refractivity contribution in [1.29, 1.82) is 0 Å². The van der Waals surface area contributed by atoms with Crippen LogP contribution in [0, 0.1) is 5.41 Å². The van der Waals surface area contributed by atoms with Crippen LogP contribution in [0.5, 0.6) is 0 Å². The lowest BCUT2D eigenvalue weighted by molar-refractivity contribution is -0.131. The first-order valence-electron chi connectivity index (χ1n) is 6.21. The van der Waals surface area contributed by atoms with Crippen LogP contribution >= 0.6 is 0 Å². The molecule has 2 heterocycles. The molecule has 4 nitrogen and oxygen atoms in total. The van der Waals surface area contributed by atoms with E-state index >= 15 is 0 Å². The van der Waals surface area contributed by atoms with Crippen LogP contribution < -0.4 is 10.6 Å². The van der Waals surface area contributed by atoms with Crippen LogP contribution in [0.1, 0.15) is 25.5 Å². The van der Waals surface area contributed by atoms with E-state index in [9.17, 15) is 4.79 Å². The van der Waals surface area contributed by atoms with E-state index in [0.29, 0.717) is 6.54 Å². The van der Waals surface area contributed by atoms with E-state index in [-0.39, 0.29) is 11.3 Å². The number of nitrogens with one attached hydrogen (secondary N) is 2. The van der Waals surface area contributed by atoms with E-state index in [1.54, 1.807) is 0 Å². The summed E-state index contributed by atoms with van der Waals surface area (Å²) in [4.78, 5) is 12.2. The third-order valence-electron chi connectivity index (χ3n) is 3.74. The first kappa shape index (κ1) is 12.2. The molecule has 1 amide bonds. The van der Waals surface area contributed by atoms with Gasteiger partial charge in [-0.1, -0.05) is 6.92 Å². The van der Waals surface area contributed by atoms with Gasteiger partial charge in [0.2, 0.25) is 5.91 Å². The highest BCUT2D eigenvalue weighted by molar-refractivity contribution is 5.82. The molecule has 1 aromatic rings. The minimum absolute atomic E-state index is 0.181. The number of nitrogens with zero attached hydrogens (tertiary/aromatic N) is 1. The Hall–Kier alpha value is -1.29. The van der Waals surface area contributed by atoms with Crippen molar-refractivity contribution < 1.29 is 4.79 Å². The first-order chi connectivity index (χ1) is 8.12. The number of carbonyl (C=O) groups excluding carboxylic acids is 1. The summed E-state index contributed by atoms with van der Waals surface area (Å²) in [6.45, 7) is 4.56. The Balaban J connectivity index is 1.91. The standard InChI is InChI=1S/C13H21N3O/c1-13(5-7-14-8-6-13)12(17)15-10-11-4-3-9-16(11)2/h3-4,9,14H,5-8,10H2,1-2H3,(H,15,17). The van der Waals surface area contributed by atoms with Crippen molar-refractivity contribution in [2.75, 3.05) is 13.1 Å². The number of hydrogen-bond donors (Lipinski definition) is 2. The molecule has 0 radical (unpaired) electrons. The van der Waals surface area contributed by atoms with Crippen molar-refractivity contribution in [3.8, 4) is 0 Å². The van der Waals surface area contributed by atoms with Crippen molar-refractivity contribution in [3.63, 3.8) is 0 Å². The second kappa shape index (κ2) is 4.92. The molecule has 0 spiro atoms. The summed E-state index contributed by atoms with van der Waals surface area (Å²) >= 11 is 0. The molecule has 1 aliphatic heterocycles. The smallest absolute Gasteiger partial charge is 0.226 e. The van der Waals surface area contributed by atoms with Crippen molar-refractivity contribution in [2.24, 2.45) is 12.5 Å². The highest BCUT2D eigenvalue weighted by Crippen LogP contribution is 2.27. The summed E-state index contributed by atoms with van der Waals surface area (Å²) < 4.78 is 2.03. The molecule has 17 heavy (non-hydrogen) atoms. The van der Waals surface area contributed by atoms with Crippen molar-refractivity contribution in [2.45, 2.75) is 26.3 Å². The topological polar surface area (TPSA) is 46.1 Å². The highest BCUT2D eigenvalue weighted by atomic mass is 16.2. The van der Waals surface area contributed by atoms with Gasteiger partial charge in [-0.15, -0.1) is 0 Å². The van der Waals surface area contributed by atoms with Gasteiger partial charge in [0.15, 0.2) is 0 Å². The summed E-state index contributed by atoms with van der Waals surface area (Å²) in [6.07, 6.45) is 3.84. The summed E-state index contributed by atoms with van der Waals surface area (Å²) in [5.74, 6) is 0.181. The largest absolute Gasteiger partial charge is 0.353 e. The minimum atomic E-state index is -0.198. The number of piperidine rings is 1. The van der Waals surface area contributed by atoms with Gasteiger partial charge in [-0.2, -0.15) is 0 Å². The van der Waals surface area contributed by atoms with Crippen molar-refractivity contribution in [1.82, 2.24) is 15.2 Å². The number of carbonyl (C=O) groups is 1. The summed E-state index contributed by atoms with van der Waals surface area (Å²) in [5.41, 5.74) is 0.937. The Kier molecular flexibility index (Phi) is 3.52. The monoisotopic (exact) mass is 235 g/mol. The maximum atomic E-state index is 12.2. The third-order valence-corrected chi connectivity index (χ3v) is 3.74. The van der Waals surface area contributed by atoms with Gasteiger partial charge < -0.3 is 15.2 Å². The van der Waals surface area contributed by atoms with Crippen LogP contribution in [0.3, 0.4) is 0 Å². The molecule has 1 saturated heterocycles. The van der Waals surface area contributed by atoms with Crippen molar-refractivity contribution >= 4 is 5.91 Å². The van der Waals surface area contributed by atoms with Crippen LogP contribution in [-0.2, 0) is 18.4 Å². The number of hydrogen-bond acceptors (Lipinski definition) is 2. The van der Waals surface area contributed by atoms with Crippen LogP contribution in [0.4, 0.5) is 0 Å². The molecule has 0 aromatic carbocycles. The fraction of sp³-hybridized carbons (Fsp3) is 0.615. The van der Waals surface area contributed by atoms with Crippen LogP contribution in [0.15, 0.2) is 18.3 Å². The molecule has 94 valence electrons. The quantitative estimate of drug-likeness (QED) is 0.822. The van der Waals surface area contributed by atoms with Gasteiger partial charge in [0, 0.05) is 24.4 Å². The highest BCUT2D eigenvalue weighted by Gasteiger charge is 2.34. The number of rotatable bonds is 3. The number of aromatic nitrogens is 1. The van der Waals surface area contributed by atoms with Crippen LogP contribution in [0.25, 0.3) is 0 Å². The van der Waals surface area contributed by atoms with Crippen LogP contribution in [0.2, 0.25) is 0 Å². The number of aryl methyl sites for hydroxylation is 1. The van der Waals surface area contributed by atoms with Crippen LogP contribution in [-0.4, -0.2) is 23.6 Å². The summed E-state index contributed by atoms with van der Waals surface area (Å²) in [7, 11) is 1.99. The van der Waals surface area contributed by atoms with E-state index in [1.807, 2.05) is 29.9 Å². The molecular weight excluding hydrogens is 214 g/mol. The van der Waals surface area contributed by atoms with Gasteiger partial charge in [-0.05, 0) is 38.1 Å². The molecule has 1 fully saturated rings. The Morgan fingerprint density at radius 3 is 2.82 bits per heavy atom. The molecule has 0 unspecified atom stereocenters. The average molecular weight is 235 g/mol. The predicted octanol–water partition coefficient (Wildman–Crippen LogP) is 1.03. The number of amides is 1. The lowest BCUT2D eigenvalue weighted by Crippen LogP contribution is -2.45. The molecular formula is C13H21N3O. The van der Waals surface area contributed by atoms with E-state index in [4.69, 9.17) is 0 Å². The fourth-order valence-electron chi connectivity index (χ4n) is 2.27. The van der Waals surface area contributed by atoms with Gasteiger partial charge in [0.05, 0.1) is 6.54 Å². The molecule has 0 atom stereocenters. The summed E-state index contributed by atoms with van der Waals surface area (Å²) in [5, 5.41) is 6.34. The van der Waals surface area contributed by atoms with E-state index in [0.717, 1.165) is 31.6 Å². The molecule has 0 saturated carbocycles. The summed E-state index contributed by atoms with van der Waals surface area (Å²) in [6, 6.07) is 4.03. The van der Waals surface area contributed by atoms with Gasteiger partial charge in [0.25, 0.3) is 0 Å². The molecule has 0 aliphatic carbocycles. The average Bonchev–Trinajstić information content (AvgIpc) is 2.73. The molecule has 2 rings (SSSR count). The molecule has 0 bridgehead atoms. The first-order valence-corrected chi connectivity index (χ1v) is 6.21. The molecule has 2 N–H and O–H groups in total. The van der Waals surface area contributed by atoms with Gasteiger partial charge in [-0.25, -0.2) is 0 Å². The molecule has 4 heteroatoms. The van der Waals surface area contributed by atoms with Gasteiger partial charge in [0.1, 0.15) is 0 Å².